The van der Waals surface area contributed by atoms with Gasteiger partial charge in [-0.15, -0.1) is 0 Å². The summed E-state index contributed by atoms with van der Waals surface area (Å²) in [5.41, 5.74) is 4.59. The third kappa shape index (κ3) is 5.70. The number of carbonyl (C=O) groups excluding carboxylic acids is 1. The van der Waals surface area contributed by atoms with E-state index in [1.54, 1.807) is 4.90 Å². The Morgan fingerprint density at radius 3 is 2.19 bits per heavy atom. The number of urea groups is 1. The molecular weight excluding hydrogens is 479 g/mol. The first-order valence-electron chi connectivity index (χ1n) is 12.4. The van der Waals surface area contributed by atoms with Gasteiger partial charge < -0.3 is 15.1 Å². The molecule has 1 aliphatic heterocycles. The van der Waals surface area contributed by atoms with Crippen LogP contribution >= 0.6 is 0 Å². The lowest BCUT2D eigenvalue weighted by Gasteiger charge is -2.37. The monoisotopic (exact) mass is 511 g/mol. The highest BCUT2D eigenvalue weighted by Gasteiger charge is 2.30. The molecule has 0 bridgehead atoms. The normalized spacial score (nSPS) is 14.3. The second-order valence-corrected chi connectivity index (χ2v) is 9.75. The van der Waals surface area contributed by atoms with Gasteiger partial charge >= 0.3 is 12.2 Å². The van der Waals surface area contributed by atoms with Crippen LogP contribution in [0, 0.1) is 20.8 Å². The topological polar surface area (TPSA) is 61.4 Å². The zero-order valence-corrected chi connectivity index (χ0v) is 21.8. The molecule has 2 aromatic carbocycles. The number of hydrogen-bond donors (Lipinski definition) is 1. The van der Waals surface area contributed by atoms with E-state index in [1.807, 2.05) is 39.0 Å². The smallest absolute Gasteiger partial charge is 0.353 e. The Morgan fingerprint density at radius 2 is 1.59 bits per heavy atom. The molecule has 1 aromatic heterocycles. The molecule has 0 saturated carbocycles. The summed E-state index contributed by atoms with van der Waals surface area (Å²) >= 11 is 0. The Kier molecular flexibility index (Phi) is 7.43. The van der Waals surface area contributed by atoms with E-state index in [-0.39, 0.29) is 11.9 Å². The van der Waals surface area contributed by atoms with Gasteiger partial charge in [0, 0.05) is 48.7 Å². The van der Waals surface area contributed by atoms with Crippen molar-refractivity contribution in [3.8, 4) is 11.4 Å². The molecule has 4 rings (SSSR count). The van der Waals surface area contributed by atoms with Crippen molar-refractivity contribution in [1.82, 2.24) is 14.9 Å². The largest absolute Gasteiger partial charge is 0.416 e. The predicted molar refractivity (Wildman–Crippen MR) is 140 cm³/mol. The van der Waals surface area contributed by atoms with Gasteiger partial charge in [0.05, 0.1) is 5.56 Å². The number of aromatic nitrogens is 2. The second-order valence-electron chi connectivity index (χ2n) is 9.75. The van der Waals surface area contributed by atoms with E-state index in [0.29, 0.717) is 37.6 Å². The van der Waals surface area contributed by atoms with E-state index in [0.717, 1.165) is 46.0 Å². The van der Waals surface area contributed by atoms with E-state index >= 15 is 0 Å². The minimum absolute atomic E-state index is 0.137. The Morgan fingerprint density at radius 1 is 0.946 bits per heavy atom. The first-order chi connectivity index (χ1) is 17.5. The molecule has 9 heteroatoms. The highest BCUT2D eigenvalue weighted by molar-refractivity contribution is 5.90. The standard InChI is InChI=1S/C28H32F3N5O/c1-17(2)24-20(5)32-25(21-9-11-22(12-10-21)28(29,30)31)34-26(24)35-13-15-36(16-14-35)27(37)33-23-8-6-7-18(3)19(23)4/h6-12,17H,13-16H2,1-5H3,(H,33,37). The van der Waals surface area contributed by atoms with E-state index in [1.165, 1.54) is 12.1 Å². The summed E-state index contributed by atoms with van der Waals surface area (Å²) in [5, 5.41) is 3.02. The third-order valence-electron chi connectivity index (χ3n) is 6.88. The van der Waals surface area contributed by atoms with Crippen molar-refractivity contribution >= 4 is 17.5 Å². The van der Waals surface area contributed by atoms with Gasteiger partial charge in [0.15, 0.2) is 5.82 Å². The van der Waals surface area contributed by atoms with Gasteiger partial charge in [0.25, 0.3) is 0 Å². The molecule has 1 aliphatic rings. The molecular formula is C28H32F3N5O. The minimum atomic E-state index is -4.40. The maximum Gasteiger partial charge on any atom is 0.416 e. The lowest BCUT2D eigenvalue weighted by Crippen LogP contribution is -2.50. The zero-order chi connectivity index (χ0) is 26.9. The molecule has 1 N–H and O–H groups in total. The summed E-state index contributed by atoms with van der Waals surface area (Å²) in [4.78, 5) is 26.3. The van der Waals surface area contributed by atoms with Gasteiger partial charge in [-0.1, -0.05) is 38.1 Å². The molecule has 2 amide bonds. The number of hydrogen-bond acceptors (Lipinski definition) is 4. The molecule has 0 aliphatic carbocycles. The number of aryl methyl sites for hydroxylation is 2. The number of piperazine rings is 1. The molecule has 6 nitrogen and oxygen atoms in total. The van der Waals surface area contributed by atoms with Gasteiger partial charge in [-0.3, -0.25) is 0 Å². The molecule has 1 saturated heterocycles. The molecule has 37 heavy (non-hydrogen) atoms. The Bertz CT molecular complexity index is 1280. The highest BCUT2D eigenvalue weighted by Crippen LogP contribution is 2.33. The molecule has 0 radical (unpaired) electrons. The van der Waals surface area contributed by atoms with Crippen LogP contribution in [0.3, 0.4) is 0 Å². The van der Waals surface area contributed by atoms with Crippen molar-refractivity contribution in [1.29, 1.82) is 0 Å². The second kappa shape index (κ2) is 10.4. The SMILES string of the molecule is Cc1cccc(NC(=O)N2CCN(c3nc(-c4ccc(C(F)(F)F)cc4)nc(C)c3C(C)C)CC2)c1C. The van der Waals surface area contributed by atoms with Gasteiger partial charge in [-0.2, -0.15) is 13.2 Å². The average molecular weight is 512 g/mol. The Balaban J connectivity index is 1.54. The number of benzene rings is 2. The Labute approximate surface area is 215 Å². The number of carbonyl (C=O) groups is 1. The van der Waals surface area contributed by atoms with Crippen LogP contribution in [0.25, 0.3) is 11.4 Å². The van der Waals surface area contributed by atoms with Crippen LogP contribution in [0.4, 0.5) is 29.5 Å². The molecule has 3 aromatic rings. The number of anilines is 2. The first kappa shape index (κ1) is 26.4. The van der Waals surface area contributed by atoms with E-state index in [2.05, 4.69) is 29.0 Å². The van der Waals surface area contributed by atoms with Crippen molar-refractivity contribution in [2.24, 2.45) is 0 Å². The van der Waals surface area contributed by atoms with Crippen molar-refractivity contribution in [2.75, 3.05) is 36.4 Å². The fourth-order valence-electron chi connectivity index (χ4n) is 4.62. The number of halogens is 3. The van der Waals surface area contributed by atoms with Crippen LogP contribution < -0.4 is 10.2 Å². The number of alkyl halides is 3. The van der Waals surface area contributed by atoms with Crippen molar-refractivity contribution in [3.63, 3.8) is 0 Å². The summed E-state index contributed by atoms with van der Waals surface area (Å²) in [6.07, 6.45) is -4.40. The fourth-order valence-corrected chi connectivity index (χ4v) is 4.62. The number of nitrogens with one attached hydrogen (secondary N) is 1. The molecule has 0 unspecified atom stereocenters. The molecule has 0 atom stereocenters. The average Bonchev–Trinajstić information content (AvgIpc) is 2.85. The predicted octanol–water partition coefficient (Wildman–Crippen LogP) is 6.57. The van der Waals surface area contributed by atoms with Crippen molar-refractivity contribution in [3.05, 3.63) is 70.4 Å². The molecule has 196 valence electrons. The lowest BCUT2D eigenvalue weighted by atomic mass is 10.0. The highest BCUT2D eigenvalue weighted by atomic mass is 19.4. The van der Waals surface area contributed by atoms with Gasteiger partial charge in [0.1, 0.15) is 5.82 Å². The molecule has 1 fully saturated rings. The van der Waals surface area contributed by atoms with Gasteiger partial charge in [0.2, 0.25) is 0 Å². The van der Waals surface area contributed by atoms with Crippen LogP contribution in [-0.2, 0) is 6.18 Å². The number of amides is 2. The number of rotatable bonds is 4. The van der Waals surface area contributed by atoms with Gasteiger partial charge in [-0.05, 0) is 56.0 Å². The maximum atomic E-state index is 13.0. The zero-order valence-electron chi connectivity index (χ0n) is 21.8. The summed E-state index contributed by atoms with van der Waals surface area (Å²) in [6, 6.07) is 10.6. The quantitative estimate of drug-likeness (QED) is 0.431. The summed E-state index contributed by atoms with van der Waals surface area (Å²) in [7, 11) is 0. The van der Waals surface area contributed by atoms with E-state index in [9.17, 15) is 18.0 Å². The summed E-state index contributed by atoms with van der Waals surface area (Å²) < 4.78 is 39.0. The maximum absolute atomic E-state index is 13.0. The van der Waals surface area contributed by atoms with Crippen LogP contribution in [0.15, 0.2) is 42.5 Å². The summed E-state index contributed by atoms with van der Waals surface area (Å²) in [5.74, 6) is 1.31. The van der Waals surface area contributed by atoms with Crippen LogP contribution in [0.1, 0.15) is 47.7 Å². The number of nitrogens with zero attached hydrogens (tertiary/aromatic N) is 4. The first-order valence-corrected chi connectivity index (χ1v) is 12.4. The van der Waals surface area contributed by atoms with E-state index < -0.39 is 11.7 Å². The summed E-state index contributed by atoms with van der Waals surface area (Å²) in [6.45, 7) is 12.3. The van der Waals surface area contributed by atoms with Crippen LogP contribution in [-0.4, -0.2) is 47.1 Å². The Hall–Kier alpha value is -3.62. The van der Waals surface area contributed by atoms with Crippen molar-refractivity contribution < 1.29 is 18.0 Å². The lowest BCUT2D eigenvalue weighted by molar-refractivity contribution is -0.137. The van der Waals surface area contributed by atoms with Crippen LogP contribution in [0.2, 0.25) is 0 Å². The van der Waals surface area contributed by atoms with Crippen LogP contribution in [0.5, 0.6) is 0 Å². The molecule has 2 heterocycles. The molecule has 0 spiro atoms. The third-order valence-corrected chi connectivity index (χ3v) is 6.88. The fraction of sp³-hybridized carbons (Fsp3) is 0.393. The van der Waals surface area contributed by atoms with E-state index in [4.69, 9.17) is 4.98 Å². The van der Waals surface area contributed by atoms with Gasteiger partial charge in [-0.25, -0.2) is 14.8 Å². The minimum Gasteiger partial charge on any atom is -0.353 e. The van der Waals surface area contributed by atoms with Crippen molar-refractivity contribution in [2.45, 2.75) is 46.7 Å².